The summed E-state index contributed by atoms with van der Waals surface area (Å²) in [7, 11) is 0. The van der Waals surface area contributed by atoms with Crippen molar-refractivity contribution < 1.29 is 18.0 Å². The van der Waals surface area contributed by atoms with Gasteiger partial charge in [0.15, 0.2) is 11.4 Å². The van der Waals surface area contributed by atoms with E-state index in [2.05, 4.69) is 20.5 Å². The normalized spacial score (nSPS) is 15.8. The quantitative estimate of drug-likeness (QED) is 0.651. The Kier molecular flexibility index (Phi) is 4.27. The molecule has 2 N–H and O–H groups in total. The summed E-state index contributed by atoms with van der Waals surface area (Å²) in [6.45, 7) is 0. The molecule has 28 heavy (non-hydrogen) atoms. The summed E-state index contributed by atoms with van der Waals surface area (Å²) in [5.74, 6) is -0.518. The third-order valence-corrected chi connectivity index (χ3v) is 4.07. The Bertz CT molecular complexity index is 1150. The number of alkyl halides is 3. The minimum atomic E-state index is -4.76. The number of halogens is 4. The predicted octanol–water partition coefficient (Wildman–Crippen LogP) is 3.56. The van der Waals surface area contributed by atoms with Crippen LogP contribution in [0.5, 0.6) is 0 Å². The number of carbonyl (C=O) groups excluding carboxylic acids is 1. The lowest BCUT2D eigenvalue weighted by atomic mass is 10.1. The molecule has 4 rings (SSSR count). The monoisotopic (exact) mass is 406 g/mol. The zero-order chi connectivity index (χ0) is 19.9. The maximum atomic E-state index is 13.0. The number of aromatic nitrogens is 3. The Balaban J connectivity index is 1.72. The molecule has 0 bridgehead atoms. The van der Waals surface area contributed by atoms with Gasteiger partial charge in [-0.05, 0) is 30.3 Å². The van der Waals surface area contributed by atoms with Gasteiger partial charge in [-0.3, -0.25) is 4.79 Å². The lowest BCUT2D eigenvalue weighted by Gasteiger charge is -2.07. The van der Waals surface area contributed by atoms with Crippen LogP contribution in [0.3, 0.4) is 0 Å². The maximum Gasteiger partial charge on any atom is 0.435 e. The molecule has 0 fully saturated rings. The molecule has 0 radical (unpaired) electrons. The van der Waals surface area contributed by atoms with Crippen LogP contribution in [0, 0.1) is 0 Å². The van der Waals surface area contributed by atoms with E-state index in [1.807, 2.05) is 5.43 Å². The Labute approximate surface area is 160 Å². The molecular formula is C17H10ClF3N6O. The second-order valence-corrected chi connectivity index (χ2v) is 6.21. The number of amides is 1. The molecule has 0 aliphatic carbocycles. The second kappa shape index (κ2) is 6.64. The van der Waals surface area contributed by atoms with Gasteiger partial charge in [0, 0.05) is 22.5 Å². The van der Waals surface area contributed by atoms with Crippen LogP contribution in [0.4, 0.5) is 24.7 Å². The van der Waals surface area contributed by atoms with E-state index >= 15 is 0 Å². The minimum absolute atomic E-state index is 0.235. The number of rotatable bonds is 3. The van der Waals surface area contributed by atoms with Crippen LogP contribution in [-0.4, -0.2) is 32.4 Å². The molecule has 3 aromatic rings. The first kappa shape index (κ1) is 18.0. The van der Waals surface area contributed by atoms with E-state index in [9.17, 15) is 18.0 Å². The fourth-order valence-electron chi connectivity index (χ4n) is 2.61. The van der Waals surface area contributed by atoms with Gasteiger partial charge in [0.1, 0.15) is 5.82 Å². The average molecular weight is 407 g/mol. The summed E-state index contributed by atoms with van der Waals surface area (Å²) in [5.41, 5.74) is 1.12. The predicted molar refractivity (Wildman–Crippen MR) is 97.3 cm³/mol. The zero-order valence-electron chi connectivity index (χ0n) is 13.8. The second-order valence-electron chi connectivity index (χ2n) is 5.77. The van der Waals surface area contributed by atoms with Crippen molar-refractivity contribution >= 4 is 46.4 Å². The van der Waals surface area contributed by atoms with Crippen molar-refractivity contribution in [3.8, 4) is 0 Å². The van der Waals surface area contributed by atoms with E-state index in [1.165, 1.54) is 10.7 Å². The highest BCUT2D eigenvalue weighted by molar-refractivity contribution is 6.31. The number of benzene rings is 1. The van der Waals surface area contributed by atoms with Crippen molar-refractivity contribution in [1.82, 2.24) is 20.0 Å². The van der Waals surface area contributed by atoms with Gasteiger partial charge in [-0.15, -0.1) is 0 Å². The van der Waals surface area contributed by atoms with E-state index in [1.54, 1.807) is 36.5 Å². The molecule has 0 saturated carbocycles. The summed E-state index contributed by atoms with van der Waals surface area (Å²) in [4.78, 5) is 16.1. The maximum absolute atomic E-state index is 13.0. The van der Waals surface area contributed by atoms with E-state index in [0.29, 0.717) is 16.5 Å². The van der Waals surface area contributed by atoms with Crippen molar-refractivity contribution in [2.75, 3.05) is 5.32 Å². The molecule has 11 heteroatoms. The van der Waals surface area contributed by atoms with Crippen LogP contribution in [0.2, 0.25) is 5.02 Å². The molecule has 0 atom stereocenters. The van der Waals surface area contributed by atoms with Crippen molar-refractivity contribution in [1.29, 1.82) is 0 Å². The number of hydrogen-bond acceptors (Lipinski definition) is 5. The average Bonchev–Trinajstić information content (AvgIpc) is 3.19. The molecule has 1 aliphatic heterocycles. The van der Waals surface area contributed by atoms with Gasteiger partial charge in [-0.25, -0.2) is 14.9 Å². The van der Waals surface area contributed by atoms with Gasteiger partial charge >= 0.3 is 6.18 Å². The highest BCUT2D eigenvalue weighted by atomic mass is 35.5. The third-order valence-electron chi connectivity index (χ3n) is 3.83. The van der Waals surface area contributed by atoms with Crippen molar-refractivity contribution in [3.63, 3.8) is 0 Å². The Morgan fingerprint density at radius 2 is 2.07 bits per heavy atom. The molecule has 7 nitrogen and oxygen atoms in total. The van der Waals surface area contributed by atoms with Crippen molar-refractivity contribution in [3.05, 3.63) is 58.9 Å². The molecule has 1 amide bonds. The van der Waals surface area contributed by atoms with Crippen molar-refractivity contribution in [2.45, 2.75) is 6.18 Å². The molecule has 1 aromatic carbocycles. The molecule has 142 valence electrons. The molecule has 0 spiro atoms. The number of fused-ring (bicyclic) bond motifs is 1. The van der Waals surface area contributed by atoms with Crippen LogP contribution >= 0.6 is 11.6 Å². The van der Waals surface area contributed by atoms with Crippen LogP contribution in [-0.2, 0) is 4.79 Å². The van der Waals surface area contributed by atoms with E-state index in [-0.39, 0.29) is 11.2 Å². The van der Waals surface area contributed by atoms with E-state index < -0.39 is 23.4 Å². The van der Waals surface area contributed by atoms with E-state index in [4.69, 9.17) is 11.6 Å². The Hall–Kier alpha value is -3.40. The number of hydrazone groups is 1. The van der Waals surface area contributed by atoms with Gasteiger partial charge in [-0.2, -0.15) is 23.4 Å². The summed E-state index contributed by atoms with van der Waals surface area (Å²) >= 11 is 5.95. The largest absolute Gasteiger partial charge is 0.435 e. The molecule has 1 aliphatic rings. The third kappa shape index (κ3) is 3.41. The minimum Gasteiger partial charge on any atom is -0.340 e. The first-order valence-electron chi connectivity index (χ1n) is 7.85. The first-order chi connectivity index (χ1) is 13.3. The molecule has 0 saturated heterocycles. The number of nitrogens with zero attached hydrogens (tertiary/aromatic N) is 4. The molecule has 3 heterocycles. The van der Waals surface area contributed by atoms with Gasteiger partial charge < -0.3 is 5.32 Å². The van der Waals surface area contributed by atoms with Crippen LogP contribution < -0.4 is 10.7 Å². The summed E-state index contributed by atoms with van der Waals surface area (Å²) in [6.07, 6.45) is -0.795. The molecule has 2 aromatic heterocycles. The highest BCUT2D eigenvalue weighted by Crippen LogP contribution is 2.27. The van der Waals surface area contributed by atoms with Gasteiger partial charge in [0.05, 0.1) is 11.8 Å². The SMILES string of the molecule is O=C1NN=C(C(F)(F)F)/C1=C/c1cnn2ccc(Nc3cccc(Cl)c3)nc12. The molecular weight excluding hydrogens is 397 g/mol. The topological polar surface area (TPSA) is 83.7 Å². The zero-order valence-corrected chi connectivity index (χ0v) is 14.6. The van der Waals surface area contributed by atoms with E-state index in [0.717, 1.165) is 6.08 Å². The fourth-order valence-corrected chi connectivity index (χ4v) is 2.80. The smallest absolute Gasteiger partial charge is 0.340 e. The summed E-state index contributed by atoms with van der Waals surface area (Å²) in [5, 5.41) is 10.7. The fraction of sp³-hybridized carbons (Fsp3) is 0.0588. The number of hydrogen-bond donors (Lipinski definition) is 2. The lowest BCUT2D eigenvalue weighted by molar-refractivity contribution is -0.116. The number of anilines is 2. The lowest BCUT2D eigenvalue weighted by Crippen LogP contribution is -2.24. The number of nitrogens with one attached hydrogen (secondary N) is 2. The molecule has 0 unspecified atom stereocenters. The number of carbonyl (C=O) groups is 1. The Morgan fingerprint density at radius 1 is 1.25 bits per heavy atom. The van der Waals surface area contributed by atoms with Crippen molar-refractivity contribution in [2.24, 2.45) is 5.10 Å². The van der Waals surface area contributed by atoms with Crippen LogP contribution in [0.25, 0.3) is 11.7 Å². The summed E-state index contributed by atoms with van der Waals surface area (Å²) < 4.78 is 40.5. The van der Waals surface area contributed by atoms with Gasteiger partial charge in [0.25, 0.3) is 5.91 Å². The Morgan fingerprint density at radius 3 is 2.82 bits per heavy atom. The summed E-state index contributed by atoms with van der Waals surface area (Å²) in [6, 6.07) is 8.60. The van der Waals surface area contributed by atoms with Crippen LogP contribution in [0.1, 0.15) is 5.56 Å². The van der Waals surface area contributed by atoms with Crippen LogP contribution in [0.15, 0.2) is 53.4 Å². The van der Waals surface area contributed by atoms with Gasteiger partial charge in [-0.1, -0.05) is 17.7 Å². The highest BCUT2D eigenvalue weighted by Gasteiger charge is 2.43. The van der Waals surface area contributed by atoms with Gasteiger partial charge in [0.2, 0.25) is 0 Å². The standard InChI is InChI=1S/C17H10ClF3N6O/c18-10-2-1-3-11(7-10)23-13-4-5-27-15(24-13)9(8-22-27)6-12-14(17(19,20)21)25-26-16(12)28/h1-8H,(H,23,24)(H,26,28)/b12-6-. The first-order valence-corrected chi connectivity index (χ1v) is 8.23.